The summed E-state index contributed by atoms with van der Waals surface area (Å²) >= 11 is 17.9. The van der Waals surface area contributed by atoms with Crippen molar-refractivity contribution < 1.29 is 4.74 Å². The lowest BCUT2D eigenvalue weighted by molar-refractivity contribution is 0.458. The fraction of sp³-hybridized carbons (Fsp3) is 0. The monoisotopic (exact) mass is 353 g/mol. The van der Waals surface area contributed by atoms with Crippen LogP contribution in [-0.2, 0) is 0 Å². The fourth-order valence-electron chi connectivity index (χ4n) is 1.83. The Morgan fingerprint density at radius 3 is 2.41 bits per heavy atom. The van der Waals surface area contributed by atoms with Gasteiger partial charge in [-0.15, -0.1) is 5.10 Å². The molecule has 0 saturated heterocycles. The van der Waals surface area contributed by atoms with Crippen LogP contribution in [0.2, 0.25) is 15.1 Å². The van der Waals surface area contributed by atoms with Gasteiger partial charge in [0.15, 0.2) is 0 Å². The predicted molar refractivity (Wildman–Crippen MR) is 89.5 cm³/mol. The molecule has 2 aromatic carbocycles. The van der Waals surface area contributed by atoms with Crippen molar-refractivity contribution in [3.05, 3.63) is 63.7 Å². The predicted octanol–water partition coefficient (Wildman–Crippen LogP) is 5.21. The highest BCUT2D eigenvalue weighted by molar-refractivity contribution is 6.36. The number of aromatic nitrogens is 2. The van der Waals surface area contributed by atoms with Crippen molar-refractivity contribution in [2.24, 2.45) is 0 Å². The highest BCUT2D eigenvalue weighted by Crippen LogP contribution is 2.35. The maximum atomic E-state index is 6.08. The molecule has 0 atom stereocenters. The van der Waals surface area contributed by atoms with E-state index in [-0.39, 0.29) is 0 Å². The Morgan fingerprint density at radius 2 is 1.68 bits per heavy atom. The Labute approximate surface area is 142 Å². The first-order valence-corrected chi connectivity index (χ1v) is 7.40. The van der Waals surface area contributed by atoms with Crippen LogP contribution in [0.15, 0.2) is 48.7 Å². The van der Waals surface area contributed by atoms with Gasteiger partial charge >= 0.3 is 0 Å². The quantitative estimate of drug-likeness (QED) is 0.657. The fourth-order valence-corrected chi connectivity index (χ4v) is 2.32. The molecule has 22 heavy (non-hydrogen) atoms. The number of rotatable bonds is 3. The van der Waals surface area contributed by atoms with E-state index in [1.165, 1.54) is 6.07 Å². The molecule has 0 radical (unpaired) electrons. The van der Waals surface area contributed by atoms with Gasteiger partial charge in [-0.3, -0.25) is 0 Å². The Morgan fingerprint density at radius 1 is 0.955 bits per heavy atom. The number of anilines is 1. The van der Waals surface area contributed by atoms with E-state index >= 15 is 0 Å². The largest absolute Gasteiger partial charge is 0.436 e. The van der Waals surface area contributed by atoms with Gasteiger partial charge in [0.2, 0.25) is 5.88 Å². The van der Waals surface area contributed by atoms with Crippen LogP contribution in [0, 0.1) is 0 Å². The average Bonchev–Trinajstić information content (AvgIpc) is 2.94. The molecule has 112 valence electrons. The third kappa shape index (κ3) is 3.14. The summed E-state index contributed by atoms with van der Waals surface area (Å²) in [5.41, 5.74) is 6.93. The molecule has 4 nitrogen and oxygen atoms in total. The molecule has 7 heteroatoms. The molecule has 0 unspecified atom stereocenters. The van der Waals surface area contributed by atoms with Crippen LogP contribution in [0.25, 0.3) is 5.69 Å². The number of halogens is 3. The van der Waals surface area contributed by atoms with Gasteiger partial charge in [-0.05, 0) is 30.3 Å². The molecule has 0 aliphatic carbocycles. The van der Waals surface area contributed by atoms with E-state index in [0.717, 1.165) is 5.69 Å². The summed E-state index contributed by atoms with van der Waals surface area (Å²) in [4.78, 5) is 0. The van der Waals surface area contributed by atoms with Gasteiger partial charge < -0.3 is 10.5 Å². The minimum Gasteiger partial charge on any atom is -0.436 e. The second-order valence-corrected chi connectivity index (χ2v) is 5.73. The Bertz CT molecular complexity index is 815. The molecular formula is C15H10Cl3N3O. The normalized spacial score (nSPS) is 10.7. The van der Waals surface area contributed by atoms with Gasteiger partial charge in [0.05, 0.1) is 21.4 Å². The van der Waals surface area contributed by atoms with E-state index in [1.807, 2.05) is 12.1 Å². The molecule has 2 N–H and O–H groups in total. The molecular weight excluding hydrogens is 345 g/mol. The number of nitrogens with two attached hydrogens (primary N) is 1. The maximum Gasteiger partial charge on any atom is 0.238 e. The van der Waals surface area contributed by atoms with Crippen molar-refractivity contribution >= 4 is 40.5 Å². The van der Waals surface area contributed by atoms with Crippen LogP contribution in [0.5, 0.6) is 11.6 Å². The number of nitrogen functional groups attached to an aromatic ring is 1. The number of benzene rings is 2. The molecule has 1 heterocycles. The highest BCUT2D eigenvalue weighted by atomic mass is 35.5. The minimum atomic E-state index is 0.364. The molecule has 0 bridgehead atoms. The number of nitrogens with zero attached hydrogens (tertiary/aromatic N) is 2. The second-order valence-electron chi connectivity index (χ2n) is 4.48. The molecule has 0 fully saturated rings. The zero-order valence-corrected chi connectivity index (χ0v) is 13.4. The van der Waals surface area contributed by atoms with Crippen LogP contribution in [0.4, 0.5) is 5.69 Å². The SMILES string of the molecule is Nc1cc(Cl)c(Oc2ccn(-c3ccc(Cl)cc3)n2)cc1Cl. The standard InChI is InChI=1S/C15H10Cl3N3O/c16-9-1-3-10(4-2-9)21-6-5-15(20-21)22-14-8-11(17)13(19)7-12(14)18/h1-8H,19H2. The summed E-state index contributed by atoms with van der Waals surface area (Å²) in [5, 5.41) is 5.72. The number of ether oxygens (including phenoxy) is 1. The summed E-state index contributed by atoms with van der Waals surface area (Å²) in [7, 11) is 0. The van der Waals surface area contributed by atoms with E-state index < -0.39 is 0 Å². The Balaban J connectivity index is 1.86. The first-order chi connectivity index (χ1) is 10.5. The van der Waals surface area contributed by atoms with E-state index in [9.17, 15) is 0 Å². The lowest BCUT2D eigenvalue weighted by Gasteiger charge is -2.07. The second kappa shape index (κ2) is 6.08. The van der Waals surface area contributed by atoms with E-state index in [4.69, 9.17) is 45.3 Å². The van der Waals surface area contributed by atoms with E-state index in [2.05, 4.69) is 5.10 Å². The van der Waals surface area contributed by atoms with Crippen LogP contribution >= 0.6 is 34.8 Å². The number of hydrogen-bond donors (Lipinski definition) is 1. The first-order valence-electron chi connectivity index (χ1n) is 6.27. The molecule has 3 aromatic rings. The zero-order chi connectivity index (χ0) is 15.7. The molecule has 0 aliphatic heterocycles. The van der Waals surface area contributed by atoms with Gasteiger partial charge in [0.25, 0.3) is 0 Å². The summed E-state index contributed by atoms with van der Waals surface area (Å²) < 4.78 is 7.31. The molecule has 0 saturated carbocycles. The highest BCUT2D eigenvalue weighted by Gasteiger charge is 2.10. The summed E-state index contributed by atoms with van der Waals surface area (Å²) in [6, 6.07) is 12.1. The minimum absolute atomic E-state index is 0.364. The zero-order valence-electron chi connectivity index (χ0n) is 11.1. The first kappa shape index (κ1) is 15.0. The van der Waals surface area contributed by atoms with Gasteiger partial charge in [-0.2, -0.15) is 0 Å². The van der Waals surface area contributed by atoms with Crippen molar-refractivity contribution in [3.8, 4) is 17.3 Å². The van der Waals surface area contributed by atoms with Crippen LogP contribution in [-0.4, -0.2) is 9.78 Å². The molecule has 0 spiro atoms. The van der Waals surface area contributed by atoms with E-state index in [0.29, 0.717) is 32.4 Å². The summed E-state index contributed by atoms with van der Waals surface area (Å²) in [5.74, 6) is 0.778. The molecule has 0 aliphatic rings. The maximum absolute atomic E-state index is 6.08. The van der Waals surface area contributed by atoms with Crippen LogP contribution in [0.1, 0.15) is 0 Å². The van der Waals surface area contributed by atoms with Crippen molar-refractivity contribution in [1.82, 2.24) is 9.78 Å². The number of hydrogen-bond acceptors (Lipinski definition) is 3. The van der Waals surface area contributed by atoms with Crippen LogP contribution < -0.4 is 10.5 Å². The summed E-state index contributed by atoms with van der Waals surface area (Å²) in [6.07, 6.45) is 1.77. The van der Waals surface area contributed by atoms with Gasteiger partial charge in [0.1, 0.15) is 5.75 Å². The van der Waals surface area contributed by atoms with Crippen molar-refractivity contribution in [2.75, 3.05) is 5.73 Å². The van der Waals surface area contributed by atoms with Crippen molar-refractivity contribution in [3.63, 3.8) is 0 Å². The molecule has 1 aromatic heterocycles. The van der Waals surface area contributed by atoms with Crippen LogP contribution in [0.3, 0.4) is 0 Å². The van der Waals surface area contributed by atoms with Crippen molar-refractivity contribution in [1.29, 1.82) is 0 Å². The lowest BCUT2D eigenvalue weighted by atomic mass is 10.3. The third-order valence-corrected chi connectivity index (χ3v) is 3.80. The average molecular weight is 355 g/mol. The van der Waals surface area contributed by atoms with Gasteiger partial charge in [-0.25, -0.2) is 4.68 Å². The lowest BCUT2D eigenvalue weighted by Crippen LogP contribution is -1.95. The van der Waals surface area contributed by atoms with Crippen molar-refractivity contribution in [2.45, 2.75) is 0 Å². The summed E-state index contributed by atoms with van der Waals surface area (Å²) in [6.45, 7) is 0. The smallest absolute Gasteiger partial charge is 0.238 e. The topological polar surface area (TPSA) is 53.1 Å². The van der Waals surface area contributed by atoms with Gasteiger partial charge in [-0.1, -0.05) is 34.8 Å². The van der Waals surface area contributed by atoms with Gasteiger partial charge in [0, 0.05) is 23.4 Å². The molecule has 0 amide bonds. The van der Waals surface area contributed by atoms with E-state index in [1.54, 1.807) is 35.1 Å². The Kier molecular flexibility index (Phi) is 4.16. The Hall–Kier alpha value is -1.88. The third-order valence-electron chi connectivity index (χ3n) is 2.92. The molecule has 3 rings (SSSR count).